The number of rotatable bonds is 4. The number of aryl methyl sites for hydroxylation is 1. The highest BCUT2D eigenvalue weighted by atomic mass is 32.1. The number of carbonyl (C=O) groups excluding carboxylic acids is 1. The summed E-state index contributed by atoms with van der Waals surface area (Å²) in [4.78, 5) is 37.0. The number of amides is 1. The van der Waals surface area contributed by atoms with Crippen LogP contribution in [0.2, 0.25) is 0 Å². The Kier molecular flexibility index (Phi) is 6.34. The van der Waals surface area contributed by atoms with Crippen molar-refractivity contribution in [3.8, 4) is 17.5 Å². The Labute approximate surface area is 233 Å². The van der Waals surface area contributed by atoms with Gasteiger partial charge in [0, 0.05) is 29.3 Å². The SMILES string of the molecule is Cc1ncsc1C#Cc1cccc2cc(C(C)NC(=O)c3c(N)nn4cccnc34)n(-c3ccccc3)c(=O)c12. The number of pyridine rings is 1. The molecule has 1 atom stereocenters. The van der Waals surface area contributed by atoms with Crippen LogP contribution in [0.5, 0.6) is 0 Å². The number of aromatic nitrogens is 5. The van der Waals surface area contributed by atoms with Crippen LogP contribution in [0.25, 0.3) is 22.1 Å². The number of hydrogen-bond acceptors (Lipinski definition) is 7. The first-order valence-electron chi connectivity index (χ1n) is 12.5. The van der Waals surface area contributed by atoms with Gasteiger partial charge in [-0.1, -0.05) is 36.3 Å². The van der Waals surface area contributed by atoms with Gasteiger partial charge in [-0.3, -0.25) is 14.2 Å². The number of carbonyl (C=O) groups is 1. The molecular formula is C30H23N7O2S. The van der Waals surface area contributed by atoms with E-state index in [1.807, 2.05) is 68.4 Å². The average molecular weight is 546 g/mol. The third-order valence-electron chi connectivity index (χ3n) is 6.59. The number of para-hydroxylation sites is 1. The molecule has 9 nitrogen and oxygen atoms in total. The smallest absolute Gasteiger partial charge is 0.264 e. The van der Waals surface area contributed by atoms with E-state index in [1.165, 1.54) is 15.9 Å². The van der Waals surface area contributed by atoms with Gasteiger partial charge in [0.1, 0.15) is 5.56 Å². The van der Waals surface area contributed by atoms with Crippen molar-refractivity contribution in [3.05, 3.63) is 116 Å². The Bertz CT molecular complexity index is 2030. The normalized spacial score (nSPS) is 11.8. The fourth-order valence-electron chi connectivity index (χ4n) is 4.66. The van der Waals surface area contributed by atoms with Crippen LogP contribution < -0.4 is 16.6 Å². The summed E-state index contributed by atoms with van der Waals surface area (Å²) < 4.78 is 3.08. The molecule has 0 saturated carbocycles. The first-order chi connectivity index (χ1) is 19.4. The first-order valence-corrected chi connectivity index (χ1v) is 13.4. The largest absolute Gasteiger partial charge is 0.381 e. The summed E-state index contributed by atoms with van der Waals surface area (Å²) in [5.74, 6) is 5.97. The molecule has 0 radical (unpaired) electrons. The van der Waals surface area contributed by atoms with Crippen LogP contribution in [0.3, 0.4) is 0 Å². The number of hydrogen-bond donors (Lipinski definition) is 2. The van der Waals surface area contributed by atoms with E-state index < -0.39 is 11.9 Å². The highest BCUT2D eigenvalue weighted by Gasteiger charge is 2.24. The summed E-state index contributed by atoms with van der Waals surface area (Å²) >= 11 is 1.46. The Balaban J connectivity index is 1.48. The van der Waals surface area contributed by atoms with Crippen molar-refractivity contribution in [3.63, 3.8) is 0 Å². The first kappa shape index (κ1) is 25.0. The van der Waals surface area contributed by atoms with E-state index in [2.05, 4.69) is 32.2 Å². The van der Waals surface area contributed by atoms with Crippen molar-refractivity contribution >= 4 is 39.5 Å². The topological polar surface area (TPSA) is 120 Å². The minimum atomic E-state index is -0.572. The average Bonchev–Trinajstić information content (AvgIpc) is 3.53. The maximum absolute atomic E-state index is 14.2. The molecule has 3 N–H and O–H groups in total. The van der Waals surface area contributed by atoms with E-state index in [1.54, 1.807) is 28.5 Å². The number of benzene rings is 2. The number of anilines is 1. The van der Waals surface area contributed by atoms with Crippen LogP contribution in [0.15, 0.2) is 83.4 Å². The molecule has 0 spiro atoms. The van der Waals surface area contributed by atoms with Crippen LogP contribution in [-0.2, 0) is 0 Å². The van der Waals surface area contributed by atoms with Gasteiger partial charge < -0.3 is 11.1 Å². The molecule has 196 valence electrons. The van der Waals surface area contributed by atoms with Crippen molar-refractivity contribution in [2.45, 2.75) is 19.9 Å². The van der Waals surface area contributed by atoms with Crippen LogP contribution in [-0.4, -0.2) is 30.1 Å². The molecule has 6 rings (SSSR count). The van der Waals surface area contributed by atoms with Gasteiger partial charge in [0.05, 0.1) is 27.5 Å². The molecule has 0 aliphatic rings. The van der Waals surface area contributed by atoms with Gasteiger partial charge in [-0.2, -0.15) is 0 Å². The Morgan fingerprint density at radius 1 is 1.07 bits per heavy atom. The summed E-state index contributed by atoms with van der Waals surface area (Å²) in [5, 5.41) is 8.40. The lowest BCUT2D eigenvalue weighted by atomic mass is 10.0. The van der Waals surface area contributed by atoms with Crippen molar-refractivity contribution in [2.24, 2.45) is 0 Å². The van der Waals surface area contributed by atoms with Gasteiger partial charge in [-0.25, -0.2) is 14.5 Å². The van der Waals surface area contributed by atoms with Crippen molar-refractivity contribution in [2.75, 3.05) is 5.73 Å². The van der Waals surface area contributed by atoms with E-state index in [-0.39, 0.29) is 16.9 Å². The number of nitrogens with two attached hydrogens (primary N) is 1. The highest BCUT2D eigenvalue weighted by Crippen LogP contribution is 2.24. The quantitative estimate of drug-likeness (QED) is 0.319. The molecule has 2 aromatic carbocycles. The maximum atomic E-state index is 14.2. The van der Waals surface area contributed by atoms with E-state index in [9.17, 15) is 9.59 Å². The third-order valence-corrected chi connectivity index (χ3v) is 7.43. The molecule has 0 aliphatic heterocycles. The zero-order valence-corrected chi connectivity index (χ0v) is 22.4. The lowest BCUT2D eigenvalue weighted by molar-refractivity contribution is 0.0941. The second kappa shape index (κ2) is 10.1. The maximum Gasteiger partial charge on any atom is 0.264 e. The van der Waals surface area contributed by atoms with Gasteiger partial charge >= 0.3 is 0 Å². The summed E-state index contributed by atoms with van der Waals surface area (Å²) in [6.45, 7) is 3.73. The van der Waals surface area contributed by atoms with Gasteiger partial charge in [0.15, 0.2) is 11.5 Å². The summed E-state index contributed by atoms with van der Waals surface area (Å²) in [5.41, 5.74) is 10.9. The zero-order valence-electron chi connectivity index (χ0n) is 21.6. The molecular weight excluding hydrogens is 522 g/mol. The fourth-order valence-corrected chi connectivity index (χ4v) is 5.31. The van der Waals surface area contributed by atoms with E-state index >= 15 is 0 Å². The van der Waals surface area contributed by atoms with E-state index in [0.717, 1.165) is 16.0 Å². The van der Waals surface area contributed by atoms with Crippen molar-refractivity contribution in [1.82, 2.24) is 29.5 Å². The number of thiazole rings is 1. The predicted octanol–water partition coefficient (Wildman–Crippen LogP) is 4.27. The molecule has 4 heterocycles. The Hall–Kier alpha value is -5.27. The molecule has 40 heavy (non-hydrogen) atoms. The summed E-state index contributed by atoms with van der Waals surface area (Å²) in [6.07, 6.45) is 3.25. The molecule has 0 saturated heterocycles. The van der Waals surface area contributed by atoms with Crippen LogP contribution in [0.1, 0.15) is 45.2 Å². The zero-order chi connectivity index (χ0) is 27.8. The second-order valence-electron chi connectivity index (χ2n) is 9.18. The molecule has 1 amide bonds. The Morgan fingerprint density at radius 2 is 1.90 bits per heavy atom. The van der Waals surface area contributed by atoms with Crippen LogP contribution in [0.4, 0.5) is 5.82 Å². The number of nitrogen functional groups attached to an aromatic ring is 1. The second-order valence-corrected chi connectivity index (χ2v) is 10.0. The molecule has 0 bridgehead atoms. The molecule has 10 heteroatoms. The molecule has 6 aromatic rings. The lowest BCUT2D eigenvalue weighted by Gasteiger charge is -2.21. The van der Waals surface area contributed by atoms with Gasteiger partial charge in [0.25, 0.3) is 11.5 Å². The predicted molar refractivity (Wildman–Crippen MR) is 156 cm³/mol. The Morgan fingerprint density at radius 3 is 2.67 bits per heavy atom. The summed E-state index contributed by atoms with van der Waals surface area (Å²) in [6, 6.07) is 18.0. The van der Waals surface area contributed by atoms with Gasteiger partial charge in [-0.05, 0) is 55.5 Å². The van der Waals surface area contributed by atoms with Crippen molar-refractivity contribution < 1.29 is 4.79 Å². The number of fused-ring (bicyclic) bond motifs is 2. The minimum Gasteiger partial charge on any atom is -0.381 e. The van der Waals surface area contributed by atoms with Gasteiger partial charge in [-0.15, -0.1) is 16.4 Å². The molecule has 0 aliphatic carbocycles. The highest BCUT2D eigenvalue weighted by molar-refractivity contribution is 7.10. The lowest BCUT2D eigenvalue weighted by Crippen LogP contribution is -2.32. The summed E-state index contributed by atoms with van der Waals surface area (Å²) in [7, 11) is 0. The van der Waals surface area contributed by atoms with Gasteiger partial charge in [0.2, 0.25) is 0 Å². The minimum absolute atomic E-state index is 0.0711. The molecule has 4 aromatic heterocycles. The monoisotopic (exact) mass is 545 g/mol. The fraction of sp³-hybridized carbons (Fsp3) is 0.100. The third kappa shape index (κ3) is 4.38. The molecule has 1 unspecified atom stereocenters. The standard InChI is InChI=1S/C30H23N7O2S/c1-18(34-29(38)26-27(31)35-36-15-7-14-32-28(26)36)23-16-21-9-6-8-20(12-13-24-19(2)33-17-40-24)25(21)30(39)37(23)22-10-4-3-5-11-22/h3-11,14-18H,1-2H3,(H2,31,35)(H,34,38). The molecule has 0 fully saturated rings. The van der Waals surface area contributed by atoms with Crippen molar-refractivity contribution in [1.29, 1.82) is 0 Å². The number of nitrogens with one attached hydrogen (secondary N) is 1. The van der Waals surface area contributed by atoms with E-state index in [0.29, 0.717) is 28.0 Å². The van der Waals surface area contributed by atoms with Crippen LogP contribution in [0, 0.1) is 18.8 Å². The number of nitrogens with zero attached hydrogens (tertiary/aromatic N) is 5. The van der Waals surface area contributed by atoms with E-state index in [4.69, 9.17) is 5.73 Å². The van der Waals surface area contributed by atoms with Crippen LogP contribution >= 0.6 is 11.3 Å².